The molecule has 0 heterocycles. The van der Waals surface area contributed by atoms with Crippen LogP contribution in [-0.4, -0.2) is 29.9 Å². The number of anilines is 1. The predicted molar refractivity (Wildman–Crippen MR) is 99.5 cm³/mol. The van der Waals surface area contributed by atoms with Gasteiger partial charge in [-0.15, -0.1) is 11.8 Å². The van der Waals surface area contributed by atoms with Crippen LogP contribution in [0.15, 0.2) is 29.2 Å². The van der Waals surface area contributed by atoms with Crippen molar-refractivity contribution >= 4 is 29.4 Å². The number of hydrogen-bond acceptors (Lipinski definition) is 4. The lowest BCUT2D eigenvalue weighted by Gasteiger charge is -2.25. The Morgan fingerprint density at radius 1 is 1.17 bits per heavy atom. The number of ether oxygens (including phenoxy) is 1. The second-order valence-corrected chi connectivity index (χ2v) is 7.92. The standard InChI is InChI=1S/C18H28N2O3S/c1-12(2)11-15(16(21)23-18(3,4)5)20-17(22)19-13-7-9-14(24-6)10-8-13/h7-10,12,15H,11H2,1-6H3,(H2,19,20,22)/t15-/m0/s1. The minimum Gasteiger partial charge on any atom is -0.458 e. The summed E-state index contributed by atoms with van der Waals surface area (Å²) < 4.78 is 5.40. The molecule has 5 nitrogen and oxygen atoms in total. The molecule has 0 spiro atoms. The van der Waals surface area contributed by atoms with Crippen LogP contribution in [0, 0.1) is 5.92 Å². The Bertz CT molecular complexity index is 550. The molecule has 0 aliphatic heterocycles. The summed E-state index contributed by atoms with van der Waals surface area (Å²) in [7, 11) is 0. The Morgan fingerprint density at radius 2 is 1.75 bits per heavy atom. The maximum absolute atomic E-state index is 12.3. The second-order valence-electron chi connectivity index (χ2n) is 7.04. The molecule has 0 unspecified atom stereocenters. The van der Waals surface area contributed by atoms with Crippen LogP contribution >= 0.6 is 11.8 Å². The van der Waals surface area contributed by atoms with Crippen LogP contribution in [0.5, 0.6) is 0 Å². The SMILES string of the molecule is CSc1ccc(NC(=O)N[C@@H](CC(C)C)C(=O)OC(C)(C)C)cc1. The predicted octanol–water partition coefficient (Wildman–Crippen LogP) is 4.29. The largest absolute Gasteiger partial charge is 0.458 e. The number of carbonyl (C=O) groups excluding carboxylic acids is 2. The molecule has 0 saturated heterocycles. The Hall–Kier alpha value is -1.69. The summed E-state index contributed by atoms with van der Waals surface area (Å²) in [4.78, 5) is 25.6. The van der Waals surface area contributed by atoms with Crippen LogP contribution in [0.2, 0.25) is 0 Å². The first-order valence-electron chi connectivity index (χ1n) is 8.05. The van der Waals surface area contributed by atoms with Crippen molar-refractivity contribution < 1.29 is 14.3 Å². The van der Waals surface area contributed by atoms with Gasteiger partial charge in [-0.1, -0.05) is 13.8 Å². The number of rotatable bonds is 6. The third-order valence-corrected chi connectivity index (χ3v) is 3.80. The molecule has 2 amide bonds. The summed E-state index contributed by atoms with van der Waals surface area (Å²) in [6.45, 7) is 9.43. The second kappa shape index (κ2) is 8.97. The molecule has 6 heteroatoms. The van der Waals surface area contributed by atoms with Gasteiger partial charge in [0, 0.05) is 10.6 Å². The van der Waals surface area contributed by atoms with Gasteiger partial charge in [0.25, 0.3) is 0 Å². The third-order valence-electron chi connectivity index (χ3n) is 3.05. The van der Waals surface area contributed by atoms with Crippen molar-refractivity contribution in [3.63, 3.8) is 0 Å². The van der Waals surface area contributed by atoms with Gasteiger partial charge in [-0.05, 0) is 63.6 Å². The van der Waals surface area contributed by atoms with Gasteiger partial charge in [-0.2, -0.15) is 0 Å². The average Bonchev–Trinajstić information content (AvgIpc) is 2.45. The number of urea groups is 1. The van der Waals surface area contributed by atoms with E-state index in [1.54, 1.807) is 11.8 Å². The lowest BCUT2D eigenvalue weighted by molar-refractivity contribution is -0.157. The summed E-state index contributed by atoms with van der Waals surface area (Å²) >= 11 is 1.63. The highest BCUT2D eigenvalue weighted by Gasteiger charge is 2.27. The van der Waals surface area contributed by atoms with Crippen molar-refractivity contribution in [3.05, 3.63) is 24.3 Å². The molecule has 0 radical (unpaired) electrons. The molecule has 2 N–H and O–H groups in total. The number of esters is 1. The summed E-state index contributed by atoms with van der Waals surface area (Å²) in [6.07, 6.45) is 2.51. The molecule has 1 aromatic carbocycles. The van der Waals surface area contributed by atoms with E-state index >= 15 is 0 Å². The van der Waals surface area contributed by atoms with Gasteiger partial charge in [-0.25, -0.2) is 9.59 Å². The molecule has 0 fully saturated rings. The molecule has 0 bridgehead atoms. The maximum Gasteiger partial charge on any atom is 0.329 e. The topological polar surface area (TPSA) is 67.4 Å². The molecule has 0 aliphatic carbocycles. The van der Waals surface area contributed by atoms with E-state index in [0.717, 1.165) is 4.90 Å². The van der Waals surface area contributed by atoms with Crippen molar-refractivity contribution in [3.8, 4) is 0 Å². The Morgan fingerprint density at radius 3 is 2.21 bits per heavy atom. The molecule has 24 heavy (non-hydrogen) atoms. The summed E-state index contributed by atoms with van der Waals surface area (Å²) in [5.74, 6) is -0.159. The number of carbonyl (C=O) groups is 2. The van der Waals surface area contributed by atoms with E-state index in [1.165, 1.54) is 0 Å². The van der Waals surface area contributed by atoms with Crippen molar-refractivity contribution in [1.82, 2.24) is 5.32 Å². The normalized spacial score (nSPS) is 12.6. The van der Waals surface area contributed by atoms with Crippen LogP contribution < -0.4 is 10.6 Å². The molecule has 0 aromatic heterocycles. The van der Waals surface area contributed by atoms with Gasteiger partial charge in [-0.3, -0.25) is 0 Å². The number of amides is 2. The molecule has 1 aromatic rings. The zero-order valence-electron chi connectivity index (χ0n) is 15.3. The quantitative estimate of drug-likeness (QED) is 0.592. The van der Waals surface area contributed by atoms with Crippen molar-refractivity contribution in [2.24, 2.45) is 5.92 Å². The molecule has 134 valence electrons. The molecular weight excluding hydrogens is 324 g/mol. The van der Waals surface area contributed by atoms with Gasteiger partial charge < -0.3 is 15.4 Å². The minimum atomic E-state index is -0.672. The van der Waals surface area contributed by atoms with Crippen molar-refractivity contribution in [1.29, 1.82) is 0 Å². The highest BCUT2D eigenvalue weighted by molar-refractivity contribution is 7.98. The molecule has 1 rings (SSSR count). The maximum atomic E-state index is 12.3. The van der Waals surface area contributed by atoms with E-state index in [4.69, 9.17) is 4.74 Å². The average molecular weight is 353 g/mol. The molecule has 0 aliphatic rings. The van der Waals surface area contributed by atoms with Gasteiger partial charge in [0.05, 0.1) is 0 Å². The smallest absolute Gasteiger partial charge is 0.329 e. The summed E-state index contributed by atoms with van der Waals surface area (Å²) in [5, 5.41) is 5.47. The van der Waals surface area contributed by atoms with E-state index in [2.05, 4.69) is 10.6 Å². The number of hydrogen-bond donors (Lipinski definition) is 2. The Kier molecular flexibility index (Phi) is 7.60. The number of benzene rings is 1. The van der Waals surface area contributed by atoms with Gasteiger partial charge >= 0.3 is 12.0 Å². The van der Waals surface area contributed by atoms with E-state index in [9.17, 15) is 9.59 Å². The number of nitrogens with one attached hydrogen (secondary N) is 2. The summed E-state index contributed by atoms with van der Waals surface area (Å²) in [6, 6.07) is 6.43. The summed E-state index contributed by atoms with van der Waals surface area (Å²) in [5.41, 5.74) is 0.0933. The molecular formula is C18H28N2O3S. The van der Waals surface area contributed by atoms with Crippen molar-refractivity contribution in [2.45, 2.75) is 57.6 Å². The fourth-order valence-corrected chi connectivity index (χ4v) is 2.47. The first kappa shape index (κ1) is 20.4. The fourth-order valence-electron chi connectivity index (χ4n) is 2.06. The Labute approximate surface area is 148 Å². The van der Waals surface area contributed by atoms with Crippen LogP contribution in [0.3, 0.4) is 0 Å². The number of thioether (sulfide) groups is 1. The van der Waals surface area contributed by atoms with E-state index in [1.807, 2.05) is 65.1 Å². The molecule has 0 saturated carbocycles. The lowest BCUT2D eigenvalue weighted by atomic mass is 10.0. The zero-order valence-corrected chi connectivity index (χ0v) is 16.1. The minimum absolute atomic E-state index is 0.253. The third kappa shape index (κ3) is 7.73. The van der Waals surface area contributed by atoms with Gasteiger partial charge in [0.1, 0.15) is 11.6 Å². The van der Waals surface area contributed by atoms with Crippen molar-refractivity contribution in [2.75, 3.05) is 11.6 Å². The lowest BCUT2D eigenvalue weighted by Crippen LogP contribution is -2.46. The van der Waals surface area contributed by atoms with E-state index in [-0.39, 0.29) is 5.92 Å². The fraction of sp³-hybridized carbons (Fsp3) is 0.556. The van der Waals surface area contributed by atoms with Gasteiger partial charge in [0.2, 0.25) is 0 Å². The zero-order chi connectivity index (χ0) is 18.3. The van der Waals surface area contributed by atoms with Crippen LogP contribution in [0.4, 0.5) is 10.5 Å². The monoisotopic (exact) mass is 352 g/mol. The Balaban J connectivity index is 2.70. The van der Waals surface area contributed by atoms with E-state index in [0.29, 0.717) is 12.1 Å². The molecule has 1 atom stereocenters. The van der Waals surface area contributed by atoms with Crippen LogP contribution in [0.25, 0.3) is 0 Å². The highest BCUT2D eigenvalue weighted by atomic mass is 32.2. The van der Waals surface area contributed by atoms with E-state index < -0.39 is 23.6 Å². The highest BCUT2D eigenvalue weighted by Crippen LogP contribution is 2.18. The van der Waals surface area contributed by atoms with Crippen LogP contribution in [-0.2, 0) is 9.53 Å². The van der Waals surface area contributed by atoms with Gasteiger partial charge in [0.15, 0.2) is 0 Å². The first-order valence-corrected chi connectivity index (χ1v) is 9.27. The van der Waals surface area contributed by atoms with Crippen LogP contribution in [0.1, 0.15) is 41.0 Å². The first-order chi connectivity index (χ1) is 11.1.